The number of carbonyl (C=O) groups is 1. The molecule has 4 aromatic rings. The Kier molecular flexibility index (Phi) is 11.2. The predicted octanol–water partition coefficient (Wildman–Crippen LogP) is 6.35. The molecule has 0 bridgehead atoms. The van der Waals surface area contributed by atoms with Gasteiger partial charge in [0.2, 0.25) is 5.88 Å². The number of nitrogens with one attached hydrogen (secondary N) is 2. The van der Waals surface area contributed by atoms with Crippen LogP contribution in [0.2, 0.25) is 0 Å². The second-order valence-corrected chi connectivity index (χ2v) is 10.4. The van der Waals surface area contributed by atoms with Gasteiger partial charge in [0.15, 0.2) is 11.5 Å². The van der Waals surface area contributed by atoms with Crippen molar-refractivity contribution in [3.63, 3.8) is 0 Å². The molecule has 0 atom stereocenters. The Labute approximate surface area is 267 Å². The number of alkyl halides is 3. The predicted molar refractivity (Wildman–Crippen MR) is 165 cm³/mol. The number of halogens is 4. The van der Waals surface area contributed by atoms with Crippen LogP contribution in [0.5, 0.6) is 23.1 Å². The number of fused-ring (bicyclic) bond motifs is 1. The summed E-state index contributed by atoms with van der Waals surface area (Å²) in [7, 11) is 1.58. The van der Waals surface area contributed by atoms with Crippen molar-refractivity contribution in [1.29, 1.82) is 0 Å². The number of benzene rings is 3. The van der Waals surface area contributed by atoms with Gasteiger partial charge in [-0.3, -0.25) is 4.90 Å². The summed E-state index contributed by atoms with van der Waals surface area (Å²) >= 11 is 0. The van der Waals surface area contributed by atoms with Gasteiger partial charge in [0.1, 0.15) is 24.5 Å². The number of amides is 2. The highest BCUT2D eigenvalue weighted by Crippen LogP contribution is 2.37. The number of morpholine rings is 1. The van der Waals surface area contributed by atoms with Gasteiger partial charge in [-0.05, 0) is 55.0 Å². The first-order chi connectivity index (χ1) is 22.7. The third-order valence-electron chi connectivity index (χ3n) is 7.05. The Morgan fingerprint density at radius 1 is 0.915 bits per heavy atom. The zero-order valence-corrected chi connectivity index (χ0v) is 25.4. The lowest BCUT2D eigenvalue weighted by Gasteiger charge is -2.26. The van der Waals surface area contributed by atoms with Crippen LogP contribution in [0.3, 0.4) is 0 Å². The Bertz CT molecular complexity index is 1650. The third kappa shape index (κ3) is 9.40. The molecule has 2 amide bonds. The molecule has 1 aliphatic rings. The molecular formula is C32H33F4N5O6. The quantitative estimate of drug-likeness (QED) is 0.125. The first-order valence-electron chi connectivity index (χ1n) is 14.8. The summed E-state index contributed by atoms with van der Waals surface area (Å²) in [4.78, 5) is 23.4. The van der Waals surface area contributed by atoms with E-state index in [0.29, 0.717) is 65.8 Å². The maximum Gasteiger partial charge on any atom is 0.419 e. The number of hydrogen-bond donors (Lipinski definition) is 2. The van der Waals surface area contributed by atoms with Crippen LogP contribution in [0.4, 0.5) is 33.7 Å². The van der Waals surface area contributed by atoms with Crippen molar-refractivity contribution in [3.8, 4) is 23.1 Å². The van der Waals surface area contributed by atoms with Gasteiger partial charge < -0.3 is 34.3 Å². The van der Waals surface area contributed by atoms with Crippen LogP contribution >= 0.6 is 0 Å². The van der Waals surface area contributed by atoms with E-state index in [1.54, 1.807) is 31.4 Å². The Hall–Kier alpha value is -4.73. The standard InChI is InChI=1S/C32H33F4N5O6/c1-43-15-16-46-28-18-24-27(19-29(28)45-12-2-9-41-10-13-44-14-11-41)37-20-38-30(24)47-23-6-3-21(4-7-23)39-31(42)40-22-5-8-26(33)25(17-22)32(34,35)36/h3-8,17-20H,2,9-16H2,1H3,(H2,39,40,42). The summed E-state index contributed by atoms with van der Waals surface area (Å²) in [5.41, 5.74) is -0.809. The molecule has 3 aromatic carbocycles. The summed E-state index contributed by atoms with van der Waals surface area (Å²) in [5, 5.41) is 5.34. The fraction of sp³-hybridized carbons (Fsp3) is 0.344. The second kappa shape index (κ2) is 15.7. The van der Waals surface area contributed by atoms with Crippen LogP contribution < -0.4 is 24.8 Å². The molecule has 0 saturated carbocycles. The smallest absolute Gasteiger partial charge is 0.419 e. The average Bonchev–Trinajstić information content (AvgIpc) is 3.05. The maximum absolute atomic E-state index is 13.6. The Morgan fingerprint density at radius 2 is 1.62 bits per heavy atom. The van der Waals surface area contributed by atoms with E-state index >= 15 is 0 Å². The van der Waals surface area contributed by atoms with Crippen LogP contribution in [0.1, 0.15) is 12.0 Å². The largest absolute Gasteiger partial charge is 0.490 e. The van der Waals surface area contributed by atoms with Crippen molar-refractivity contribution < 1.29 is 46.0 Å². The molecule has 2 N–H and O–H groups in total. The zero-order valence-electron chi connectivity index (χ0n) is 25.4. The number of nitrogens with zero attached hydrogens (tertiary/aromatic N) is 3. The van der Waals surface area contributed by atoms with Gasteiger partial charge in [-0.15, -0.1) is 0 Å². The van der Waals surface area contributed by atoms with E-state index in [-0.39, 0.29) is 11.6 Å². The fourth-order valence-corrected chi connectivity index (χ4v) is 4.71. The normalized spacial score (nSPS) is 13.7. The molecule has 11 nitrogen and oxygen atoms in total. The fourth-order valence-electron chi connectivity index (χ4n) is 4.71. The van der Waals surface area contributed by atoms with Crippen LogP contribution in [0.15, 0.2) is 60.9 Å². The monoisotopic (exact) mass is 659 g/mol. The van der Waals surface area contributed by atoms with Crippen molar-refractivity contribution >= 4 is 28.3 Å². The second-order valence-electron chi connectivity index (χ2n) is 10.4. The molecule has 47 heavy (non-hydrogen) atoms. The van der Waals surface area contributed by atoms with Gasteiger partial charge in [-0.2, -0.15) is 13.2 Å². The molecule has 1 saturated heterocycles. The highest BCUT2D eigenvalue weighted by Gasteiger charge is 2.34. The van der Waals surface area contributed by atoms with Gasteiger partial charge in [-0.25, -0.2) is 19.2 Å². The molecule has 15 heteroatoms. The minimum Gasteiger partial charge on any atom is -0.490 e. The van der Waals surface area contributed by atoms with Crippen molar-refractivity contribution in [2.75, 3.05) is 70.4 Å². The van der Waals surface area contributed by atoms with E-state index in [1.165, 1.54) is 18.5 Å². The van der Waals surface area contributed by atoms with Crippen LogP contribution in [0, 0.1) is 5.82 Å². The van der Waals surface area contributed by atoms with Gasteiger partial charge in [-0.1, -0.05) is 0 Å². The number of ether oxygens (including phenoxy) is 5. The van der Waals surface area contributed by atoms with Gasteiger partial charge in [0, 0.05) is 44.2 Å². The molecule has 1 fully saturated rings. The van der Waals surface area contributed by atoms with E-state index in [1.807, 2.05) is 0 Å². The minimum atomic E-state index is -4.90. The summed E-state index contributed by atoms with van der Waals surface area (Å²) in [6.45, 7) is 5.33. The lowest BCUT2D eigenvalue weighted by molar-refractivity contribution is -0.139. The van der Waals surface area contributed by atoms with Crippen molar-refractivity contribution in [1.82, 2.24) is 14.9 Å². The first-order valence-corrected chi connectivity index (χ1v) is 14.8. The van der Waals surface area contributed by atoms with Gasteiger partial charge in [0.25, 0.3) is 0 Å². The van der Waals surface area contributed by atoms with Crippen LogP contribution in [-0.2, 0) is 15.7 Å². The topological polar surface area (TPSA) is 116 Å². The number of urea groups is 1. The van der Waals surface area contributed by atoms with E-state index < -0.39 is 23.6 Å². The molecule has 0 spiro atoms. The van der Waals surface area contributed by atoms with E-state index in [9.17, 15) is 22.4 Å². The Balaban J connectivity index is 1.24. The highest BCUT2D eigenvalue weighted by atomic mass is 19.4. The molecule has 5 rings (SSSR count). The molecule has 250 valence electrons. The summed E-state index contributed by atoms with van der Waals surface area (Å²) in [5.74, 6) is 0.211. The van der Waals surface area contributed by atoms with E-state index in [0.717, 1.165) is 45.3 Å². The highest BCUT2D eigenvalue weighted by molar-refractivity contribution is 5.99. The molecule has 0 radical (unpaired) electrons. The minimum absolute atomic E-state index is 0.223. The summed E-state index contributed by atoms with van der Waals surface area (Å²) < 4.78 is 81.2. The summed E-state index contributed by atoms with van der Waals surface area (Å²) in [6.07, 6.45) is -2.71. The lowest BCUT2D eigenvalue weighted by Crippen LogP contribution is -2.37. The number of hydrogen-bond acceptors (Lipinski definition) is 9. The number of methoxy groups -OCH3 is 1. The Morgan fingerprint density at radius 3 is 2.36 bits per heavy atom. The molecule has 1 aromatic heterocycles. The number of anilines is 2. The van der Waals surface area contributed by atoms with E-state index in [2.05, 4.69) is 25.5 Å². The van der Waals surface area contributed by atoms with Gasteiger partial charge in [0.05, 0.1) is 42.9 Å². The molecule has 0 aliphatic carbocycles. The molecule has 2 heterocycles. The lowest BCUT2D eigenvalue weighted by atomic mass is 10.2. The van der Waals surface area contributed by atoms with Crippen LogP contribution in [-0.4, -0.2) is 80.7 Å². The molecule has 0 unspecified atom stereocenters. The van der Waals surface area contributed by atoms with Crippen molar-refractivity contribution in [3.05, 3.63) is 72.3 Å². The first kappa shape index (κ1) is 33.6. The van der Waals surface area contributed by atoms with Gasteiger partial charge >= 0.3 is 12.2 Å². The number of carbonyl (C=O) groups excluding carboxylic acids is 1. The molecular weight excluding hydrogens is 626 g/mol. The SMILES string of the molecule is COCCOc1cc2c(Oc3ccc(NC(=O)Nc4ccc(F)c(C(F)(F)F)c4)cc3)ncnc2cc1OCCCN1CCOCC1. The van der Waals surface area contributed by atoms with E-state index in [4.69, 9.17) is 23.7 Å². The average molecular weight is 660 g/mol. The van der Waals surface area contributed by atoms with Crippen molar-refractivity contribution in [2.24, 2.45) is 0 Å². The number of rotatable bonds is 13. The zero-order chi connectivity index (χ0) is 33.2. The number of aromatic nitrogens is 2. The summed E-state index contributed by atoms with van der Waals surface area (Å²) in [6, 6.07) is 11.1. The van der Waals surface area contributed by atoms with Crippen molar-refractivity contribution in [2.45, 2.75) is 12.6 Å². The molecule has 1 aliphatic heterocycles. The third-order valence-corrected chi connectivity index (χ3v) is 7.05. The van der Waals surface area contributed by atoms with Crippen LogP contribution in [0.25, 0.3) is 10.9 Å². The maximum atomic E-state index is 13.6.